The van der Waals surface area contributed by atoms with E-state index in [2.05, 4.69) is 0 Å². The number of aryl methyl sites for hydroxylation is 2. The van der Waals surface area contributed by atoms with Gasteiger partial charge in [0.1, 0.15) is 0 Å². The molecule has 0 heterocycles. The summed E-state index contributed by atoms with van der Waals surface area (Å²) in [5, 5.41) is 8.74. The fraction of sp³-hybridized carbons (Fsp3) is 0.462. The summed E-state index contributed by atoms with van der Waals surface area (Å²) in [6.07, 6.45) is 0. The minimum absolute atomic E-state index is 0.201. The Hall–Kier alpha value is -1.38. The average Bonchev–Trinajstić information content (AvgIpc) is 2.28. The Bertz CT molecular complexity index is 573. The lowest BCUT2D eigenvalue weighted by molar-refractivity contribution is 0.439. The number of benzene rings is 1. The van der Waals surface area contributed by atoms with Gasteiger partial charge < -0.3 is 0 Å². The van der Waals surface area contributed by atoms with Crippen LogP contribution in [0.25, 0.3) is 0 Å². The van der Waals surface area contributed by atoms with Crippen molar-refractivity contribution in [2.24, 2.45) is 5.92 Å². The Morgan fingerprint density at radius 1 is 1.39 bits per heavy atom. The Balaban J connectivity index is 3.10. The maximum atomic E-state index is 12.3. The number of nitriles is 1. The summed E-state index contributed by atoms with van der Waals surface area (Å²) in [5.74, 6) is -0.324. The lowest BCUT2D eigenvalue weighted by Crippen LogP contribution is -2.31. The lowest BCUT2D eigenvalue weighted by atomic mass is 10.2. The summed E-state index contributed by atoms with van der Waals surface area (Å²) in [6.45, 7) is 5.60. The second kappa shape index (κ2) is 5.51. The van der Waals surface area contributed by atoms with Gasteiger partial charge in [-0.25, -0.2) is 8.42 Å². The molecule has 0 amide bonds. The van der Waals surface area contributed by atoms with Crippen molar-refractivity contribution in [1.29, 1.82) is 5.26 Å². The topological polar surface area (TPSA) is 61.2 Å². The molecule has 0 aliphatic carbocycles. The molecule has 0 bridgehead atoms. The molecule has 0 saturated carbocycles. The molecule has 5 heteroatoms. The molecular weight excluding hydrogens is 248 g/mol. The summed E-state index contributed by atoms with van der Waals surface area (Å²) >= 11 is 0. The summed E-state index contributed by atoms with van der Waals surface area (Å²) in [4.78, 5) is 0.306. The van der Waals surface area contributed by atoms with Crippen LogP contribution in [0.2, 0.25) is 0 Å². The molecule has 1 aromatic carbocycles. The van der Waals surface area contributed by atoms with E-state index in [0.717, 1.165) is 11.1 Å². The van der Waals surface area contributed by atoms with Crippen LogP contribution >= 0.6 is 0 Å². The highest BCUT2D eigenvalue weighted by Crippen LogP contribution is 2.20. The van der Waals surface area contributed by atoms with Crippen molar-refractivity contribution in [3.8, 4) is 6.07 Å². The van der Waals surface area contributed by atoms with Crippen molar-refractivity contribution in [3.05, 3.63) is 29.3 Å². The van der Waals surface area contributed by atoms with Gasteiger partial charge in [-0.1, -0.05) is 17.7 Å². The zero-order valence-corrected chi connectivity index (χ0v) is 12.0. The summed E-state index contributed by atoms with van der Waals surface area (Å²) in [6, 6.07) is 7.28. The highest BCUT2D eigenvalue weighted by molar-refractivity contribution is 7.89. The fourth-order valence-electron chi connectivity index (χ4n) is 1.78. The van der Waals surface area contributed by atoms with E-state index >= 15 is 0 Å². The van der Waals surface area contributed by atoms with Gasteiger partial charge in [-0.05, 0) is 32.4 Å². The molecule has 0 fully saturated rings. The third-order valence-corrected chi connectivity index (χ3v) is 4.75. The smallest absolute Gasteiger partial charge is 0.207 e. The molecule has 0 aliphatic rings. The zero-order valence-electron chi connectivity index (χ0n) is 11.1. The van der Waals surface area contributed by atoms with Crippen LogP contribution in [0.1, 0.15) is 18.1 Å². The summed E-state index contributed by atoms with van der Waals surface area (Å²) in [5.41, 5.74) is 1.76. The summed E-state index contributed by atoms with van der Waals surface area (Å²) < 4.78 is 25.9. The molecule has 1 atom stereocenters. The molecule has 98 valence electrons. The van der Waals surface area contributed by atoms with Gasteiger partial charge in [-0.15, -0.1) is 0 Å². The minimum Gasteiger partial charge on any atom is -0.207 e. The van der Waals surface area contributed by atoms with E-state index in [0.29, 0.717) is 4.90 Å². The Morgan fingerprint density at radius 3 is 2.50 bits per heavy atom. The Morgan fingerprint density at radius 2 is 2.00 bits per heavy atom. The van der Waals surface area contributed by atoms with Crippen molar-refractivity contribution in [1.82, 2.24) is 4.31 Å². The number of sulfonamides is 1. The standard InChI is InChI=1S/C13H18N2O2S/c1-10-5-6-13(12(3)7-10)18(16,17)15(4)9-11(2)8-14/h5-7,11H,9H2,1-4H3. The van der Waals surface area contributed by atoms with E-state index in [-0.39, 0.29) is 12.5 Å². The quantitative estimate of drug-likeness (QED) is 0.838. The number of hydrogen-bond acceptors (Lipinski definition) is 3. The first-order valence-electron chi connectivity index (χ1n) is 5.72. The summed E-state index contributed by atoms with van der Waals surface area (Å²) in [7, 11) is -2.01. The van der Waals surface area contributed by atoms with Gasteiger partial charge in [0.2, 0.25) is 10.0 Å². The fourth-order valence-corrected chi connectivity index (χ4v) is 3.24. The SMILES string of the molecule is Cc1ccc(S(=O)(=O)N(C)CC(C)C#N)c(C)c1. The second-order valence-electron chi connectivity index (χ2n) is 4.58. The van der Waals surface area contributed by atoms with Gasteiger partial charge >= 0.3 is 0 Å². The Labute approximate surface area is 109 Å². The van der Waals surface area contributed by atoms with E-state index in [1.54, 1.807) is 26.0 Å². The molecule has 4 nitrogen and oxygen atoms in total. The van der Waals surface area contributed by atoms with E-state index < -0.39 is 10.0 Å². The normalized spacial score (nSPS) is 13.3. The third-order valence-electron chi connectivity index (χ3n) is 2.77. The first-order chi connectivity index (χ1) is 8.28. The lowest BCUT2D eigenvalue weighted by Gasteiger charge is -2.19. The van der Waals surface area contributed by atoms with Gasteiger partial charge in [-0.3, -0.25) is 0 Å². The molecule has 1 unspecified atom stereocenters. The van der Waals surface area contributed by atoms with E-state index in [1.807, 2.05) is 19.1 Å². The number of nitrogens with zero attached hydrogens (tertiary/aromatic N) is 2. The van der Waals surface area contributed by atoms with Crippen molar-refractivity contribution >= 4 is 10.0 Å². The van der Waals surface area contributed by atoms with Crippen LogP contribution in [0, 0.1) is 31.1 Å². The van der Waals surface area contributed by atoms with Gasteiger partial charge in [-0.2, -0.15) is 9.57 Å². The number of rotatable bonds is 4. The van der Waals surface area contributed by atoms with Crippen LogP contribution < -0.4 is 0 Å². The molecule has 0 spiro atoms. The second-order valence-corrected chi connectivity index (χ2v) is 6.60. The highest BCUT2D eigenvalue weighted by Gasteiger charge is 2.23. The first-order valence-corrected chi connectivity index (χ1v) is 7.16. The zero-order chi connectivity index (χ0) is 13.9. The average molecular weight is 266 g/mol. The third kappa shape index (κ3) is 3.09. The van der Waals surface area contributed by atoms with E-state index in [9.17, 15) is 8.42 Å². The predicted octanol–water partition coefficient (Wildman–Crippen LogP) is 2.08. The van der Waals surface area contributed by atoms with Crippen molar-refractivity contribution in [2.45, 2.75) is 25.7 Å². The monoisotopic (exact) mass is 266 g/mol. The van der Waals surface area contributed by atoms with Crippen LogP contribution in [0.4, 0.5) is 0 Å². The van der Waals surface area contributed by atoms with Gasteiger partial charge in [0.15, 0.2) is 0 Å². The molecular formula is C13H18N2O2S. The van der Waals surface area contributed by atoms with Crippen molar-refractivity contribution < 1.29 is 8.42 Å². The Kier molecular flexibility index (Phi) is 4.49. The molecule has 0 aliphatic heterocycles. The van der Waals surface area contributed by atoms with Crippen LogP contribution in [-0.4, -0.2) is 26.3 Å². The van der Waals surface area contributed by atoms with Gasteiger partial charge in [0, 0.05) is 13.6 Å². The minimum atomic E-state index is -3.51. The predicted molar refractivity (Wildman–Crippen MR) is 70.5 cm³/mol. The molecule has 0 radical (unpaired) electrons. The van der Waals surface area contributed by atoms with Crippen molar-refractivity contribution in [3.63, 3.8) is 0 Å². The number of hydrogen-bond donors (Lipinski definition) is 0. The maximum absolute atomic E-state index is 12.3. The van der Waals surface area contributed by atoms with Crippen molar-refractivity contribution in [2.75, 3.05) is 13.6 Å². The molecule has 0 aromatic heterocycles. The molecule has 0 N–H and O–H groups in total. The largest absolute Gasteiger partial charge is 0.243 e. The van der Waals surface area contributed by atoms with Crippen LogP contribution in [0.15, 0.2) is 23.1 Å². The van der Waals surface area contributed by atoms with Crippen LogP contribution in [0.5, 0.6) is 0 Å². The molecule has 1 rings (SSSR count). The van der Waals surface area contributed by atoms with Crippen LogP contribution in [0.3, 0.4) is 0 Å². The molecule has 1 aromatic rings. The maximum Gasteiger partial charge on any atom is 0.243 e. The van der Waals surface area contributed by atoms with E-state index in [4.69, 9.17) is 5.26 Å². The van der Waals surface area contributed by atoms with Gasteiger partial charge in [0.05, 0.1) is 16.9 Å². The highest BCUT2D eigenvalue weighted by atomic mass is 32.2. The first kappa shape index (κ1) is 14.7. The molecule has 0 saturated heterocycles. The molecule has 18 heavy (non-hydrogen) atoms. The van der Waals surface area contributed by atoms with Gasteiger partial charge in [0.25, 0.3) is 0 Å². The van der Waals surface area contributed by atoms with Crippen LogP contribution in [-0.2, 0) is 10.0 Å². The van der Waals surface area contributed by atoms with E-state index in [1.165, 1.54) is 11.4 Å².